The number of halogens is 1. The fourth-order valence-electron chi connectivity index (χ4n) is 1.75. The molecule has 0 atom stereocenters. The first-order valence-electron chi connectivity index (χ1n) is 5.91. The van der Waals surface area contributed by atoms with Gasteiger partial charge >= 0.3 is 5.97 Å². The van der Waals surface area contributed by atoms with E-state index in [1.807, 2.05) is 0 Å². The number of anilines is 1. The zero-order chi connectivity index (χ0) is 15.4. The Hall–Kier alpha value is -2.60. The van der Waals surface area contributed by atoms with Crippen molar-refractivity contribution in [1.29, 1.82) is 0 Å². The minimum Gasteiger partial charge on any atom is -0.505 e. The van der Waals surface area contributed by atoms with Crippen LogP contribution in [-0.2, 0) is 4.79 Å². The minimum atomic E-state index is -1.17. The molecule has 0 fully saturated rings. The number of benzene rings is 1. The smallest absolute Gasteiger partial charge is 0.323 e. The summed E-state index contributed by atoms with van der Waals surface area (Å²) in [4.78, 5) is 28.1. The van der Waals surface area contributed by atoms with Gasteiger partial charge in [0.15, 0.2) is 0 Å². The van der Waals surface area contributed by atoms with Gasteiger partial charge in [0.2, 0.25) is 0 Å². The van der Waals surface area contributed by atoms with Crippen LogP contribution in [-0.4, -0.2) is 33.6 Å². The van der Waals surface area contributed by atoms with Crippen LogP contribution in [0.4, 0.5) is 5.69 Å². The second-order valence-electron chi connectivity index (χ2n) is 4.15. The molecule has 0 bridgehead atoms. The van der Waals surface area contributed by atoms with Gasteiger partial charge in [-0.15, -0.1) is 0 Å². The lowest BCUT2D eigenvalue weighted by molar-refractivity contribution is -0.135. The molecule has 2 rings (SSSR count). The van der Waals surface area contributed by atoms with E-state index >= 15 is 0 Å². The molecular formula is C14H11ClN2O4. The van der Waals surface area contributed by atoms with Crippen LogP contribution in [0, 0.1) is 0 Å². The molecule has 0 aliphatic carbocycles. The molecule has 2 N–H and O–H groups in total. The molecule has 108 valence electrons. The number of carbonyl (C=O) groups excluding carboxylic acids is 1. The lowest BCUT2D eigenvalue weighted by Crippen LogP contribution is -2.35. The highest BCUT2D eigenvalue weighted by Crippen LogP contribution is 2.23. The number of aliphatic carboxylic acids is 1. The lowest BCUT2D eigenvalue weighted by Gasteiger charge is -2.21. The van der Waals surface area contributed by atoms with E-state index in [0.29, 0.717) is 10.7 Å². The number of aromatic hydroxyl groups is 1. The van der Waals surface area contributed by atoms with Gasteiger partial charge in [-0.1, -0.05) is 11.6 Å². The van der Waals surface area contributed by atoms with Gasteiger partial charge in [-0.25, -0.2) is 0 Å². The van der Waals surface area contributed by atoms with Crippen molar-refractivity contribution < 1.29 is 19.8 Å². The monoisotopic (exact) mass is 306 g/mol. The molecule has 1 aromatic heterocycles. The molecule has 0 aliphatic heterocycles. The average molecular weight is 307 g/mol. The van der Waals surface area contributed by atoms with Crippen LogP contribution < -0.4 is 4.90 Å². The maximum absolute atomic E-state index is 12.4. The van der Waals surface area contributed by atoms with Crippen molar-refractivity contribution in [1.82, 2.24) is 4.98 Å². The number of carboxylic acid groups (broad SMARTS) is 1. The molecule has 0 radical (unpaired) electrons. The number of rotatable bonds is 4. The fraction of sp³-hybridized carbons (Fsp3) is 0.0714. The summed E-state index contributed by atoms with van der Waals surface area (Å²) < 4.78 is 0. The predicted octanol–water partition coefficient (Wildman–Crippen LogP) is 2.17. The number of aromatic nitrogens is 1. The van der Waals surface area contributed by atoms with E-state index in [9.17, 15) is 14.7 Å². The van der Waals surface area contributed by atoms with Gasteiger partial charge in [0.25, 0.3) is 5.91 Å². The normalized spacial score (nSPS) is 10.1. The first-order chi connectivity index (χ1) is 9.99. The Bertz CT molecular complexity index is 673. The van der Waals surface area contributed by atoms with Crippen LogP contribution in [0.5, 0.6) is 5.75 Å². The van der Waals surface area contributed by atoms with Crippen LogP contribution in [0.2, 0.25) is 5.02 Å². The topological polar surface area (TPSA) is 90.7 Å². The van der Waals surface area contributed by atoms with Crippen molar-refractivity contribution in [2.45, 2.75) is 0 Å². The molecule has 1 heterocycles. The van der Waals surface area contributed by atoms with Crippen molar-refractivity contribution in [3.05, 3.63) is 53.3 Å². The third kappa shape index (κ3) is 3.49. The molecule has 0 saturated carbocycles. The Morgan fingerprint density at radius 3 is 2.43 bits per heavy atom. The molecule has 1 amide bonds. The molecule has 7 heteroatoms. The number of hydrogen-bond acceptors (Lipinski definition) is 4. The van der Waals surface area contributed by atoms with Gasteiger partial charge in [-0.3, -0.25) is 19.5 Å². The van der Waals surface area contributed by atoms with Gasteiger partial charge in [-0.2, -0.15) is 0 Å². The summed E-state index contributed by atoms with van der Waals surface area (Å²) in [5.74, 6) is -2.13. The van der Waals surface area contributed by atoms with Crippen LogP contribution in [0.15, 0.2) is 42.7 Å². The van der Waals surface area contributed by atoms with E-state index in [2.05, 4.69) is 4.98 Å². The third-order valence-corrected chi connectivity index (χ3v) is 2.96. The molecule has 0 aliphatic rings. The van der Waals surface area contributed by atoms with Crippen molar-refractivity contribution >= 4 is 29.2 Å². The molecular weight excluding hydrogens is 296 g/mol. The molecule has 6 nitrogen and oxygen atoms in total. The largest absolute Gasteiger partial charge is 0.505 e. The Kier molecular flexibility index (Phi) is 4.39. The summed E-state index contributed by atoms with van der Waals surface area (Å²) in [7, 11) is 0. The SMILES string of the molecule is O=C(O)CN(C(=O)c1ccncc1O)c1ccc(Cl)cc1. The van der Waals surface area contributed by atoms with E-state index < -0.39 is 18.4 Å². The Morgan fingerprint density at radius 1 is 1.19 bits per heavy atom. The average Bonchev–Trinajstić information content (AvgIpc) is 2.45. The summed E-state index contributed by atoms with van der Waals surface area (Å²) >= 11 is 5.78. The van der Waals surface area contributed by atoms with E-state index in [1.165, 1.54) is 24.4 Å². The predicted molar refractivity (Wildman–Crippen MR) is 76.7 cm³/mol. The Labute approximate surface area is 125 Å². The van der Waals surface area contributed by atoms with Crippen LogP contribution >= 0.6 is 11.6 Å². The van der Waals surface area contributed by atoms with Gasteiger partial charge in [0, 0.05) is 16.9 Å². The maximum Gasteiger partial charge on any atom is 0.323 e. The van der Waals surface area contributed by atoms with Crippen molar-refractivity contribution in [3.8, 4) is 5.75 Å². The lowest BCUT2D eigenvalue weighted by atomic mass is 10.2. The van der Waals surface area contributed by atoms with Crippen molar-refractivity contribution in [2.24, 2.45) is 0 Å². The molecule has 0 unspecified atom stereocenters. The summed E-state index contributed by atoms with van der Waals surface area (Å²) in [6.07, 6.45) is 2.46. The summed E-state index contributed by atoms with van der Waals surface area (Å²) in [6, 6.07) is 7.47. The molecule has 0 spiro atoms. The fourth-order valence-corrected chi connectivity index (χ4v) is 1.88. The number of amides is 1. The Balaban J connectivity index is 2.40. The van der Waals surface area contributed by atoms with Crippen LogP contribution in [0.25, 0.3) is 0 Å². The summed E-state index contributed by atoms with van der Waals surface area (Å²) in [6.45, 7) is -0.539. The second-order valence-corrected chi connectivity index (χ2v) is 4.59. The van der Waals surface area contributed by atoms with Crippen molar-refractivity contribution in [2.75, 3.05) is 11.4 Å². The number of nitrogens with zero attached hydrogens (tertiary/aromatic N) is 2. The van der Waals surface area contributed by atoms with E-state index in [-0.39, 0.29) is 11.3 Å². The minimum absolute atomic E-state index is 0.0267. The van der Waals surface area contributed by atoms with Gasteiger partial charge < -0.3 is 10.2 Å². The first kappa shape index (κ1) is 14.8. The number of pyridine rings is 1. The molecule has 1 aromatic carbocycles. The highest BCUT2D eigenvalue weighted by molar-refractivity contribution is 6.30. The quantitative estimate of drug-likeness (QED) is 0.903. The van der Waals surface area contributed by atoms with Crippen molar-refractivity contribution in [3.63, 3.8) is 0 Å². The third-order valence-electron chi connectivity index (χ3n) is 2.71. The number of carbonyl (C=O) groups is 2. The highest BCUT2D eigenvalue weighted by atomic mass is 35.5. The zero-order valence-corrected chi connectivity index (χ0v) is 11.5. The summed E-state index contributed by atoms with van der Waals surface area (Å²) in [5.41, 5.74) is 0.337. The van der Waals surface area contributed by atoms with Gasteiger partial charge in [0.1, 0.15) is 12.3 Å². The standard InChI is InChI=1S/C14H11ClN2O4/c15-9-1-3-10(4-2-9)17(8-13(19)20)14(21)11-5-6-16-7-12(11)18/h1-7,18H,8H2,(H,19,20). The Morgan fingerprint density at radius 2 is 1.86 bits per heavy atom. The summed E-state index contributed by atoms with van der Waals surface area (Å²) in [5, 5.41) is 19.1. The van der Waals surface area contributed by atoms with Gasteiger partial charge in [0.05, 0.1) is 11.8 Å². The van der Waals surface area contributed by atoms with E-state index in [0.717, 1.165) is 11.1 Å². The molecule has 21 heavy (non-hydrogen) atoms. The van der Waals surface area contributed by atoms with E-state index in [1.54, 1.807) is 12.1 Å². The first-order valence-corrected chi connectivity index (χ1v) is 6.29. The van der Waals surface area contributed by atoms with Gasteiger partial charge in [-0.05, 0) is 30.3 Å². The molecule has 0 saturated heterocycles. The zero-order valence-electron chi connectivity index (χ0n) is 10.7. The number of hydrogen-bond donors (Lipinski definition) is 2. The van der Waals surface area contributed by atoms with Crippen LogP contribution in [0.3, 0.4) is 0 Å². The number of carboxylic acids is 1. The van der Waals surface area contributed by atoms with Crippen LogP contribution in [0.1, 0.15) is 10.4 Å². The van der Waals surface area contributed by atoms with E-state index in [4.69, 9.17) is 16.7 Å². The maximum atomic E-state index is 12.4. The second kappa shape index (κ2) is 6.23. The highest BCUT2D eigenvalue weighted by Gasteiger charge is 2.22. The molecule has 2 aromatic rings.